The zero-order valence-electron chi connectivity index (χ0n) is 7.30. The SMILES string of the molecule is COc1cnc(C(F)F)c(I)c1CO. The number of halogens is 3. The maximum atomic E-state index is 12.4. The molecule has 1 heterocycles. The molecule has 6 heteroatoms. The molecule has 78 valence electrons. The zero-order chi connectivity index (χ0) is 10.7. The van der Waals surface area contributed by atoms with Crippen molar-refractivity contribution >= 4 is 22.6 Å². The number of hydrogen-bond donors (Lipinski definition) is 1. The lowest BCUT2D eigenvalue weighted by atomic mass is 10.2. The molecule has 3 nitrogen and oxygen atoms in total. The minimum atomic E-state index is -2.64. The molecule has 0 aromatic carbocycles. The van der Waals surface area contributed by atoms with Crippen LogP contribution in [0.2, 0.25) is 0 Å². The third-order valence-corrected chi connectivity index (χ3v) is 2.90. The second-order valence-corrected chi connectivity index (χ2v) is 3.54. The number of pyridine rings is 1. The zero-order valence-corrected chi connectivity index (χ0v) is 9.46. The fraction of sp³-hybridized carbons (Fsp3) is 0.375. The predicted molar refractivity (Wildman–Crippen MR) is 54.4 cm³/mol. The van der Waals surface area contributed by atoms with Gasteiger partial charge in [0, 0.05) is 9.13 Å². The first-order valence-electron chi connectivity index (χ1n) is 3.72. The van der Waals surface area contributed by atoms with Crippen LogP contribution in [0.3, 0.4) is 0 Å². The summed E-state index contributed by atoms with van der Waals surface area (Å²) in [6.45, 7) is -0.344. The molecular weight excluding hydrogens is 307 g/mol. The average molecular weight is 315 g/mol. The van der Waals surface area contributed by atoms with Gasteiger partial charge in [0.25, 0.3) is 6.43 Å². The van der Waals surface area contributed by atoms with E-state index in [1.807, 2.05) is 0 Å². The van der Waals surface area contributed by atoms with Crippen LogP contribution in [-0.4, -0.2) is 17.2 Å². The van der Waals surface area contributed by atoms with Crippen LogP contribution < -0.4 is 4.74 Å². The van der Waals surface area contributed by atoms with E-state index in [9.17, 15) is 8.78 Å². The van der Waals surface area contributed by atoms with Gasteiger partial charge in [-0.15, -0.1) is 0 Å². The molecule has 0 atom stereocenters. The highest BCUT2D eigenvalue weighted by Crippen LogP contribution is 2.30. The van der Waals surface area contributed by atoms with Gasteiger partial charge in [0.15, 0.2) is 0 Å². The topological polar surface area (TPSA) is 42.4 Å². The van der Waals surface area contributed by atoms with Gasteiger partial charge >= 0.3 is 0 Å². The Balaban J connectivity index is 3.27. The summed E-state index contributed by atoms with van der Waals surface area (Å²) in [6, 6.07) is 0. The maximum Gasteiger partial charge on any atom is 0.281 e. The molecule has 14 heavy (non-hydrogen) atoms. The second-order valence-electron chi connectivity index (χ2n) is 2.46. The summed E-state index contributed by atoms with van der Waals surface area (Å²) >= 11 is 1.72. The van der Waals surface area contributed by atoms with Crippen molar-refractivity contribution < 1.29 is 18.6 Å². The summed E-state index contributed by atoms with van der Waals surface area (Å²) < 4.78 is 29.9. The molecule has 1 aromatic heterocycles. The second kappa shape index (κ2) is 4.83. The van der Waals surface area contributed by atoms with Crippen molar-refractivity contribution in [1.82, 2.24) is 4.98 Å². The Bertz CT molecular complexity index is 333. The first-order chi connectivity index (χ1) is 6.61. The molecule has 0 unspecified atom stereocenters. The van der Waals surface area contributed by atoms with E-state index in [0.717, 1.165) is 0 Å². The maximum absolute atomic E-state index is 12.4. The van der Waals surface area contributed by atoms with Crippen LogP contribution in [0.15, 0.2) is 6.20 Å². The fourth-order valence-corrected chi connectivity index (χ4v) is 1.81. The van der Waals surface area contributed by atoms with E-state index in [1.165, 1.54) is 13.3 Å². The molecule has 0 radical (unpaired) electrons. The Kier molecular flexibility index (Phi) is 3.99. The van der Waals surface area contributed by atoms with Crippen molar-refractivity contribution in [3.05, 3.63) is 21.0 Å². The van der Waals surface area contributed by atoms with E-state index in [-0.39, 0.29) is 15.9 Å². The lowest BCUT2D eigenvalue weighted by molar-refractivity contribution is 0.144. The van der Waals surface area contributed by atoms with E-state index in [4.69, 9.17) is 9.84 Å². The van der Waals surface area contributed by atoms with Crippen LogP contribution in [0.5, 0.6) is 5.75 Å². The summed E-state index contributed by atoms with van der Waals surface area (Å²) in [5, 5.41) is 8.98. The molecule has 1 N–H and O–H groups in total. The van der Waals surface area contributed by atoms with E-state index in [2.05, 4.69) is 4.98 Å². The molecule has 0 bridgehead atoms. The molecule has 0 aliphatic heterocycles. The number of aliphatic hydroxyl groups is 1. The first-order valence-corrected chi connectivity index (χ1v) is 4.80. The van der Waals surface area contributed by atoms with Gasteiger partial charge in [0.05, 0.1) is 19.9 Å². The van der Waals surface area contributed by atoms with Crippen molar-refractivity contribution in [2.75, 3.05) is 7.11 Å². The highest BCUT2D eigenvalue weighted by molar-refractivity contribution is 14.1. The summed E-state index contributed by atoms with van der Waals surface area (Å²) in [6.07, 6.45) is -1.45. The van der Waals surface area contributed by atoms with Crippen LogP contribution in [0.1, 0.15) is 17.7 Å². The van der Waals surface area contributed by atoms with Gasteiger partial charge in [-0.1, -0.05) is 0 Å². The van der Waals surface area contributed by atoms with Gasteiger partial charge in [-0.25, -0.2) is 8.78 Å². The Labute approximate surface area is 93.2 Å². The molecule has 0 saturated carbocycles. The van der Waals surface area contributed by atoms with Crippen molar-refractivity contribution in [2.45, 2.75) is 13.0 Å². The molecule has 0 spiro atoms. The lowest BCUT2D eigenvalue weighted by Crippen LogP contribution is -2.02. The monoisotopic (exact) mass is 315 g/mol. The Morgan fingerprint density at radius 1 is 1.64 bits per heavy atom. The summed E-state index contributed by atoms with van der Waals surface area (Å²) in [5.74, 6) is 0.321. The minimum absolute atomic E-state index is 0.249. The normalized spacial score (nSPS) is 10.7. The van der Waals surface area contributed by atoms with Crippen molar-refractivity contribution in [3.8, 4) is 5.75 Å². The molecular formula is C8H8F2INO2. The van der Waals surface area contributed by atoms with Crippen LogP contribution >= 0.6 is 22.6 Å². The number of rotatable bonds is 3. The number of hydrogen-bond acceptors (Lipinski definition) is 3. The smallest absolute Gasteiger partial charge is 0.281 e. The van der Waals surface area contributed by atoms with E-state index in [0.29, 0.717) is 11.3 Å². The number of aromatic nitrogens is 1. The molecule has 1 aromatic rings. The molecule has 0 saturated heterocycles. The quantitative estimate of drug-likeness (QED) is 0.869. The van der Waals surface area contributed by atoms with Crippen LogP contribution in [0.4, 0.5) is 8.78 Å². The van der Waals surface area contributed by atoms with Crippen LogP contribution in [-0.2, 0) is 6.61 Å². The van der Waals surface area contributed by atoms with Crippen LogP contribution in [0.25, 0.3) is 0 Å². The number of aliphatic hydroxyl groups excluding tert-OH is 1. The van der Waals surface area contributed by atoms with Gasteiger partial charge < -0.3 is 9.84 Å². The Morgan fingerprint density at radius 3 is 2.71 bits per heavy atom. The molecule has 0 aliphatic rings. The van der Waals surface area contributed by atoms with Gasteiger partial charge in [-0.2, -0.15) is 0 Å². The Hall–Kier alpha value is -0.500. The highest BCUT2D eigenvalue weighted by Gasteiger charge is 2.18. The predicted octanol–water partition coefficient (Wildman–Crippen LogP) is 2.12. The van der Waals surface area contributed by atoms with Crippen LogP contribution in [0, 0.1) is 3.57 Å². The van der Waals surface area contributed by atoms with Crippen molar-refractivity contribution in [2.24, 2.45) is 0 Å². The van der Waals surface area contributed by atoms with Gasteiger partial charge in [0.2, 0.25) is 0 Å². The summed E-state index contributed by atoms with van der Waals surface area (Å²) in [7, 11) is 1.40. The standard InChI is InChI=1S/C8H8F2INO2/c1-14-5-2-12-7(8(9)10)6(11)4(5)3-13/h2,8,13H,3H2,1H3. The molecule has 0 aliphatic carbocycles. The fourth-order valence-electron chi connectivity index (χ4n) is 1.00. The molecule has 0 fully saturated rings. The average Bonchev–Trinajstić information content (AvgIpc) is 2.16. The van der Waals surface area contributed by atoms with Gasteiger partial charge in [0.1, 0.15) is 11.4 Å². The first kappa shape index (κ1) is 11.6. The van der Waals surface area contributed by atoms with E-state index < -0.39 is 6.43 Å². The van der Waals surface area contributed by atoms with E-state index in [1.54, 1.807) is 22.6 Å². The number of nitrogens with zero attached hydrogens (tertiary/aromatic N) is 1. The van der Waals surface area contributed by atoms with Gasteiger partial charge in [-0.3, -0.25) is 4.98 Å². The number of alkyl halides is 2. The third-order valence-electron chi connectivity index (χ3n) is 1.69. The number of methoxy groups -OCH3 is 1. The molecule has 0 amide bonds. The van der Waals surface area contributed by atoms with Crippen molar-refractivity contribution in [3.63, 3.8) is 0 Å². The van der Waals surface area contributed by atoms with Gasteiger partial charge in [-0.05, 0) is 22.6 Å². The summed E-state index contributed by atoms with van der Waals surface area (Å²) in [4.78, 5) is 3.56. The largest absolute Gasteiger partial charge is 0.495 e. The van der Waals surface area contributed by atoms with Crippen molar-refractivity contribution in [1.29, 1.82) is 0 Å². The Morgan fingerprint density at radius 2 is 2.29 bits per heavy atom. The third kappa shape index (κ3) is 2.11. The number of ether oxygens (including phenoxy) is 1. The minimum Gasteiger partial charge on any atom is -0.495 e. The molecule has 1 rings (SSSR count). The summed E-state index contributed by atoms with van der Waals surface area (Å²) in [5.41, 5.74) is 0.0221. The lowest BCUT2D eigenvalue weighted by Gasteiger charge is -2.10. The highest BCUT2D eigenvalue weighted by atomic mass is 127. The van der Waals surface area contributed by atoms with E-state index >= 15 is 0 Å².